The van der Waals surface area contributed by atoms with Gasteiger partial charge in [-0.3, -0.25) is 4.90 Å². The molecule has 2 unspecified atom stereocenters. The predicted molar refractivity (Wildman–Crippen MR) is 126 cm³/mol. The maximum atomic E-state index is 12.7. The van der Waals surface area contributed by atoms with E-state index in [1.165, 1.54) is 4.90 Å². The number of amides is 1. The van der Waals surface area contributed by atoms with Gasteiger partial charge in [-0.2, -0.15) is 4.98 Å². The number of hydrogen-bond acceptors (Lipinski definition) is 7. The molecular formula is C22H33N5O5S. The van der Waals surface area contributed by atoms with E-state index in [9.17, 15) is 18.3 Å². The number of benzene rings is 1. The lowest BCUT2D eigenvalue weighted by Gasteiger charge is -2.41. The molecule has 182 valence electrons. The first kappa shape index (κ1) is 25.1. The third kappa shape index (κ3) is 6.10. The average molecular weight is 480 g/mol. The van der Waals surface area contributed by atoms with Crippen molar-refractivity contribution in [2.24, 2.45) is 5.92 Å². The fraction of sp³-hybridized carbons (Fsp3) is 0.591. The normalized spacial score (nSPS) is 17.5. The highest BCUT2D eigenvalue weighted by Crippen LogP contribution is 2.36. The number of nitrogens with one attached hydrogen (secondary N) is 2. The van der Waals surface area contributed by atoms with Crippen molar-refractivity contribution in [2.45, 2.75) is 58.0 Å². The zero-order valence-corrected chi connectivity index (χ0v) is 20.5. The Morgan fingerprint density at radius 3 is 2.45 bits per heavy atom. The molecule has 1 fully saturated rings. The van der Waals surface area contributed by atoms with Crippen LogP contribution in [0, 0.1) is 5.92 Å². The Kier molecular flexibility index (Phi) is 7.45. The summed E-state index contributed by atoms with van der Waals surface area (Å²) in [6.07, 6.45) is 1.35. The van der Waals surface area contributed by atoms with E-state index in [-0.39, 0.29) is 17.2 Å². The number of rotatable bonds is 7. The summed E-state index contributed by atoms with van der Waals surface area (Å²) >= 11 is 0. The Hall–Kier alpha value is -2.50. The monoisotopic (exact) mass is 479 g/mol. The minimum Gasteiger partial charge on any atom is -0.465 e. The zero-order chi connectivity index (χ0) is 24.4. The van der Waals surface area contributed by atoms with E-state index in [0.29, 0.717) is 17.1 Å². The molecule has 1 amide bonds. The maximum Gasteiger partial charge on any atom is 0.412 e. The van der Waals surface area contributed by atoms with Gasteiger partial charge < -0.3 is 14.9 Å². The molecule has 0 spiro atoms. The molecule has 2 atom stereocenters. The fourth-order valence-corrected chi connectivity index (χ4v) is 5.14. The summed E-state index contributed by atoms with van der Waals surface area (Å²) in [7, 11) is -3.55. The van der Waals surface area contributed by atoms with Crippen LogP contribution in [0.25, 0.3) is 11.5 Å². The van der Waals surface area contributed by atoms with Crippen LogP contribution in [0.3, 0.4) is 0 Å². The molecule has 1 saturated heterocycles. The number of anilines is 1. The van der Waals surface area contributed by atoms with Gasteiger partial charge in [0.15, 0.2) is 5.82 Å². The molecule has 3 rings (SSSR count). The van der Waals surface area contributed by atoms with Crippen LogP contribution in [0.4, 0.5) is 10.5 Å². The van der Waals surface area contributed by atoms with Crippen molar-refractivity contribution in [3.8, 4) is 11.5 Å². The molecule has 10 nitrogen and oxygen atoms in total. The Balaban J connectivity index is 2.11. The molecule has 3 N–H and O–H groups in total. The van der Waals surface area contributed by atoms with Crippen LogP contribution in [0.2, 0.25) is 0 Å². The van der Waals surface area contributed by atoms with Crippen LogP contribution < -0.4 is 14.9 Å². The van der Waals surface area contributed by atoms with E-state index in [4.69, 9.17) is 4.52 Å². The summed E-state index contributed by atoms with van der Waals surface area (Å²) in [5, 5.41) is 17.7. The van der Waals surface area contributed by atoms with Gasteiger partial charge in [0.25, 0.3) is 5.89 Å². The lowest BCUT2D eigenvalue weighted by molar-refractivity contribution is 0.188. The topological polar surface area (TPSA) is 138 Å². The third-order valence-corrected chi connectivity index (χ3v) is 6.57. The molecule has 2 heterocycles. The highest BCUT2D eigenvalue weighted by atomic mass is 32.2. The first-order valence-corrected chi connectivity index (χ1v) is 12.9. The number of carbonyl (C=O) groups is 1. The van der Waals surface area contributed by atoms with E-state index in [2.05, 4.69) is 20.2 Å². The minimum atomic E-state index is -3.55. The Morgan fingerprint density at radius 2 is 1.91 bits per heavy atom. The SMILES string of the molecule is CC(NS(C)(=O)=O)C(C1CCNCC1)N(C(=O)O)c1ccccc1-c1nc(C(C)(C)C)no1. The third-order valence-electron chi connectivity index (χ3n) is 5.77. The van der Waals surface area contributed by atoms with Crippen molar-refractivity contribution in [1.82, 2.24) is 20.2 Å². The van der Waals surface area contributed by atoms with Crippen molar-refractivity contribution >= 4 is 21.8 Å². The number of nitrogens with zero attached hydrogens (tertiary/aromatic N) is 3. The van der Waals surface area contributed by atoms with Gasteiger partial charge in [0.2, 0.25) is 10.0 Å². The Morgan fingerprint density at radius 1 is 1.27 bits per heavy atom. The summed E-state index contributed by atoms with van der Waals surface area (Å²) in [4.78, 5) is 18.4. The molecule has 0 saturated carbocycles. The molecular weight excluding hydrogens is 446 g/mol. The summed E-state index contributed by atoms with van der Waals surface area (Å²) < 4.78 is 32.2. The van der Waals surface area contributed by atoms with Crippen LogP contribution in [0.1, 0.15) is 46.4 Å². The van der Waals surface area contributed by atoms with Gasteiger partial charge in [0.1, 0.15) is 0 Å². The van der Waals surface area contributed by atoms with Crippen molar-refractivity contribution in [3.63, 3.8) is 0 Å². The molecule has 0 radical (unpaired) electrons. The first-order chi connectivity index (χ1) is 15.4. The second-order valence-corrected chi connectivity index (χ2v) is 11.4. The molecule has 0 bridgehead atoms. The van der Waals surface area contributed by atoms with Crippen LogP contribution in [-0.4, -0.2) is 61.2 Å². The van der Waals surface area contributed by atoms with Crippen molar-refractivity contribution < 1.29 is 22.8 Å². The number of para-hydroxylation sites is 1. The Bertz CT molecular complexity index is 1070. The van der Waals surface area contributed by atoms with Crippen molar-refractivity contribution in [2.75, 3.05) is 24.2 Å². The zero-order valence-electron chi connectivity index (χ0n) is 19.7. The maximum absolute atomic E-state index is 12.7. The highest BCUT2D eigenvalue weighted by Gasteiger charge is 2.39. The molecule has 33 heavy (non-hydrogen) atoms. The van der Waals surface area contributed by atoms with E-state index >= 15 is 0 Å². The molecule has 11 heteroatoms. The minimum absolute atomic E-state index is 0.0486. The smallest absolute Gasteiger partial charge is 0.412 e. The lowest BCUT2D eigenvalue weighted by Crippen LogP contribution is -2.57. The van der Waals surface area contributed by atoms with Gasteiger partial charge in [0, 0.05) is 11.5 Å². The van der Waals surface area contributed by atoms with Gasteiger partial charge >= 0.3 is 6.09 Å². The largest absolute Gasteiger partial charge is 0.465 e. The van der Waals surface area contributed by atoms with Gasteiger partial charge in [-0.15, -0.1) is 0 Å². The summed E-state index contributed by atoms with van der Waals surface area (Å²) in [6.45, 7) is 9.06. The van der Waals surface area contributed by atoms with E-state index in [1.807, 2.05) is 20.8 Å². The van der Waals surface area contributed by atoms with Gasteiger partial charge in [0.05, 0.1) is 23.5 Å². The van der Waals surface area contributed by atoms with Crippen LogP contribution >= 0.6 is 0 Å². The molecule has 1 aromatic carbocycles. The number of piperidine rings is 1. The first-order valence-electron chi connectivity index (χ1n) is 11.0. The summed E-state index contributed by atoms with van der Waals surface area (Å²) in [6, 6.07) is 5.65. The Labute approximate surface area is 194 Å². The second kappa shape index (κ2) is 9.78. The number of aromatic nitrogens is 2. The van der Waals surface area contributed by atoms with E-state index in [0.717, 1.165) is 32.2 Å². The molecule has 1 aliphatic heterocycles. The quantitative estimate of drug-likeness (QED) is 0.551. The van der Waals surface area contributed by atoms with Crippen LogP contribution in [0.15, 0.2) is 28.8 Å². The second-order valence-electron chi connectivity index (χ2n) is 9.60. The molecule has 1 aliphatic rings. The van der Waals surface area contributed by atoms with E-state index < -0.39 is 28.2 Å². The van der Waals surface area contributed by atoms with Gasteiger partial charge in [-0.25, -0.2) is 17.9 Å². The van der Waals surface area contributed by atoms with Crippen molar-refractivity contribution in [1.29, 1.82) is 0 Å². The van der Waals surface area contributed by atoms with Gasteiger partial charge in [-0.05, 0) is 50.9 Å². The van der Waals surface area contributed by atoms with Gasteiger partial charge in [-0.1, -0.05) is 38.1 Å². The standard InChI is InChI=1S/C22H33N5O5S/c1-14(26-33(5,30)31)18(15-10-12-23-13-11-15)27(21(28)29)17-9-7-6-8-16(17)19-24-20(25-32-19)22(2,3)4/h6-9,14-15,18,23,26H,10-13H2,1-5H3,(H,28,29). The number of sulfonamides is 1. The summed E-state index contributed by atoms with van der Waals surface area (Å²) in [5.41, 5.74) is 0.516. The predicted octanol–water partition coefficient (Wildman–Crippen LogP) is 2.82. The highest BCUT2D eigenvalue weighted by molar-refractivity contribution is 7.88. The van der Waals surface area contributed by atoms with Crippen LogP contribution in [-0.2, 0) is 15.4 Å². The lowest BCUT2D eigenvalue weighted by atomic mass is 9.85. The molecule has 2 aromatic rings. The van der Waals surface area contributed by atoms with Crippen molar-refractivity contribution in [3.05, 3.63) is 30.1 Å². The van der Waals surface area contributed by atoms with E-state index in [1.54, 1.807) is 31.2 Å². The average Bonchev–Trinajstić information content (AvgIpc) is 3.21. The summed E-state index contributed by atoms with van der Waals surface area (Å²) in [5.74, 6) is 0.679. The van der Waals surface area contributed by atoms with Crippen LogP contribution in [0.5, 0.6) is 0 Å². The number of hydrogen-bond donors (Lipinski definition) is 3. The molecule has 0 aliphatic carbocycles. The molecule has 1 aromatic heterocycles. The number of carboxylic acid groups (broad SMARTS) is 1. The fourth-order valence-electron chi connectivity index (χ4n) is 4.33.